The highest BCUT2D eigenvalue weighted by Gasteiger charge is 2.29. The minimum atomic E-state index is 0.552. The van der Waals surface area contributed by atoms with Gasteiger partial charge in [-0.1, -0.05) is 32.6 Å². The maximum absolute atomic E-state index is 6.04. The van der Waals surface area contributed by atoms with Crippen molar-refractivity contribution in [2.24, 2.45) is 5.92 Å². The molecule has 1 heterocycles. The van der Waals surface area contributed by atoms with Gasteiger partial charge in [-0.2, -0.15) is 0 Å². The normalized spacial score (nSPS) is 32.3. The minimum Gasteiger partial charge on any atom is -0.378 e. The smallest absolute Gasteiger partial charge is 0.0618 e. The molecule has 1 saturated carbocycles. The van der Waals surface area contributed by atoms with Gasteiger partial charge in [-0.25, -0.2) is 0 Å². The van der Waals surface area contributed by atoms with Crippen molar-refractivity contribution in [2.75, 3.05) is 13.2 Å². The van der Waals surface area contributed by atoms with Crippen molar-refractivity contribution in [3.05, 3.63) is 0 Å². The van der Waals surface area contributed by atoms with E-state index in [-0.39, 0.29) is 0 Å². The molecule has 1 aliphatic carbocycles. The van der Waals surface area contributed by atoms with Crippen LogP contribution in [0.5, 0.6) is 0 Å². The molecular weight excluding hydrogens is 210 g/mol. The molecule has 1 saturated heterocycles. The molecule has 0 bridgehead atoms. The number of rotatable bonds is 4. The zero-order chi connectivity index (χ0) is 11.9. The fourth-order valence-corrected chi connectivity index (χ4v) is 3.37. The van der Waals surface area contributed by atoms with E-state index in [0.29, 0.717) is 6.10 Å². The van der Waals surface area contributed by atoms with E-state index in [1.807, 2.05) is 0 Å². The standard InChI is InChI=1S/C15H29NO/c1-2-10-16-14-9-11-17-15(12-14)13-7-5-3-4-6-8-13/h13-16H,2-12H2,1H3. The Labute approximate surface area is 107 Å². The molecule has 2 fully saturated rings. The highest BCUT2D eigenvalue weighted by molar-refractivity contribution is 4.82. The summed E-state index contributed by atoms with van der Waals surface area (Å²) in [6.45, 7) is 4.39. The van der Waals surface area contributed by atoms with Gasteiger partial charge in [0.1, 0.15) is 0 Å². The van der Waals surface area contributed by atoms with Crippen LogP contribution in [0.4, 0.5) is 0 Å². The van der Waals surface area contributed by atoms with Gasteiger partial charge in [-0.3, -0.25) is 0 Å². The third kappa shape index (κ3) is 4.26. The van der Waals surface area contributed by atoms with Crippen LogP contribution >= 0.6 is 0 Å². The van der Waals surface area contributed by atoms with Crippen molar-refractivity contribution in [1.29, 1.82) is 0 Å². The second-order valence-corrected chi connectivity index (χ2v) is 5.84. The molecule has 0 radical (unpaired) electrons. The van der Waals surface area contributed by atoms with Gasteiger partial charge in [0.2, 0.25) is 0 Å². The van der Waals surface area contributed by atoms with E-state index in [1.54, 1.807) is 0 Å². The summed E-state index contributed by atoms with van der Waals surface area (Å²) in [5.41, 5.74) is 0. The lowest BCUT2D eigenvalue weighted by Crippen LogP contribution is -2.42. The maximum atomic E-state index is 6.04. The van der Waals surface area contributed by atoms with Gasteiger partial charge in [0.25, 0.3) is 0 Å². The van der Waals surface area contributed by atoms with Gasteiger partial charge in [0.15, 0.2) is 0 Å². The average Bonchev–Trinajstić information content (AvgIpc) is 2.65. The van der Waals surface area contributed by atoms with Crippen LogP contribution < -0.4 is 5.32 Å². The minimum absolute atomic E-state index is 0.552. The molecule has 2 unspecified atom stereocenters. The number of nitrogens with one attached hydrogen (secondary N) is 1. The molecule has 17 heavy (non-hydrogen) atoms. The molecule has 2 nitrogen and oxygen atoms in total. The molecule has 2 rings (SSSR count). The summed E-state index contributed by atoms with van der Waals surface area (Å²) in [7, 11) is 0. The fourth-order valence-electron chi connectivity index (χ4n) is 3.37. The monoisotopic (exact) mass is 239 g/mol. The van der Waals surface area contributed by atoms with Crippen LogP contribution in [-0.4, -0.2) is 25.3 Å². The molecular formula is C15H29NO. The van der Waals surface area contributed by atoms with Crippen LogP contribution in [0, 0.1) is 5.92 Å². The third-order valence-electron chi connectivity index (χ3n) is 4.42. The number of ether oxygens (including phenoxy) is 1. The Kier molecular flexibility index (Phi) is 5.79. The van der Waals surface area contributed by atoms with Gasteiger partial charge in [0.05, 0.1) is 6.10 Å². The SMILES string of the molecule is CCCNC1CCOC(C2CCCCCC2)C1. The van der Waals surface area contributed by atoms with Crippen molar-refractivity contribution in [3.63, 3.8) is 0 Å². The summed E-state index contributed by atoms with van der Waals surface area (Å²) in [5, 5.41) is 3.68. The predicted octanol–water partition coefficient (Wildman–Crippen LogP) is 3.50. The highest BCUT2D eigenvalue weighted by Crippen LogP contribution is 2.31. The van der Waals surface area contributed by atoms with Crippen molar-refractivity contribution in [3.8, 4) is 0 Å². The van der Waals surface area contributed by atoms with E-state index in [1.165, 1.54) is 64.3 Å². The fraction of sp³-hybridized carbons (Fsp3) is 1.00. The van der Waals surface area contributed by atoms with Crippen LogP contribution in [-0.2, 0) is 4.74 Å². The van der Waals surface area contributed by atoms with Crippen molar-refractivity contribution < 1.29 is 4.74 Å². The Morgan fingerprint density at radius 3 is 2.53 bits per heavy atom. The van der Waals surface area contributed by atoms with E-state index < -0.39 is 0 Å². The van der Waals surface area contributed by atoms with Crippen molar-refractivity contribution in [1.82, 2.24) is 5.32 Å². The summed E-state index contributed by atoms with van der Waals surface area (Å²) >= 11 is 0. The topological polar surface area (TPSA) is 21.3 Å². The zero-order valence-electron chi connectivity index (χ0n) is 11.4. The lowest BCUT2D eigenvalue weighted by atomic mass is 9.87. The summed E-state index contributed by atoms with van der Waals surface area (Å²) < 4.78 is 6.04. The molecule has 0 amide bonds. The molecule has 0 aromatic rings. The summed E-state index contributed by atoms with van der Waals surface area (Å²) in [4.78, 5) is 0. The highest BCUT2D eigenvalue weighted by atomic mass is 16.5. The van der Waals surface area contributed by atoms with Crippen LogP contribution in [0.15, 0.2) is 0 Å². The maximum Gasteiger partial charge on any atom is 0.0618 e. The van der Waals surface area contributed by atoms with E-state index in [4.69, 9.17) is 4.74 Å². The first-order chi connectivity index (χ1) is 8.40. The van der Waals surface area contributed by atoms with Gasteiger partial charge in [0, 0.05) is 12.6 Å². The van der Waals surface area contributed by atoms with E-state index in [0.717, 1.165) is 18.6 Å². The van der Waals surface area contributed by atoms with Crippen LogP contribution in [0.2, 0.25) is 0 Å². The second kappa shape index (κ2) is 7.38. The van der Waals surface area contributed by atoms with Gasteiger partial charge in [-0.05, 0) is 44.6 Å². The van der Waals surface area contributed by atoms with Crippen LogP contribution in [0.25, 0.3) is 0 Å². The van der Waals surface area contributed by atoms with Crippen molar-refractivity contribution >= 4 is 0 Å². The Bertz CT molecular complexity index is 199. The van der Waals surface area contributed by atoms with Gasteiger partial charge < -0.3 is 10.1 Å². The van der Waals surface area contributed by atoms with E-state index in [2.05, 4.69) is 12.2 Å². The largest absolute Gasteiger partial charge is 0.378 e. The average molecular weight is 239 g/mol. The predicted molar refractivity (Wildman–Crippen MR) is 72.2 cm³/mol. The Hall–Kier alpha value is -0.0800. The molecule has 100 valence electrons. The summed E-state index contributed by atoms with van der Waals surface area (Å²) in [6.07, 6.45) is 12.8. The quantitative estimate of drug-likeness (QED) is 0.758. The van der Waals surface area contributed by atoms with Gasteiger partial charge in [-0.15, -0.1) is 0 Å². The Morgan fingerprint density at radius 2 is 1.82 bits per heavy atom. The Morgan fingerprint density at radius 1 is 1.06 bits per heavy atom. The molecule has 2 atom stereocenters. The molecule has 0 aromatic carbocycles. The second-order valence-electron chi connectivity index (χ2n) is 5.84. The lowest BCUT2D eigenvalue weighted by Gasteiger charge is -2.35. The molecule has 1 N–H and O–H groups in total. The first-order valence-corrected chi connectivity index (χ1v) is 7.75. The van der Waals surface area contributed by atoms with Crippen molar-refractivity contribution in [2.45, 2.75) is 76.9 Å². The molecule has 0 spiro atoms. The summed E-state index contributed by atoms with van der Waals surface area (Å²) in [5.74, 6) is 0.851. The summed E-state index contributed by atoms with van der Waals surface area (Å²) in [6, 6.07) is 0.719. The van der Waals surface area contributed by atoms with Gasteiger partial charge >= 0.3 is 0 Å². The first-order valence-electron chi connectivity index (χ1n) is 7.75. The lowest BCUT2D eigenvalue weighted by molar-refractivity contribution is -0.0364. The number of hydrogen-bond donors (Lipinski definition) is 1. The van der Waals surface area contributed by atoms with Crippen LogP contribution in [0.3, 0.4) is 0 Å². The van der Waals surface area contributed by atoms with E-state index >= 15 is 0 Å². The Balaban J connectivity index is 1.78. The first kappa shape index (κ1) is 13.4. The molecule has 2 aliphatic rings. The van der Waals surface area contributed by atoms with E-state index in [9.17, 15) is 0 Å². The number of hydrogen-bond acceptors (Lipinski definition) is 2. The molecule has 0 aromatic heterocycles. The third-order valence-corrected chi connectivity index (χ3v) is 4.42. The molecule has 1 aliphatic heterocycles. The zero-order valence-corrected chi connectivity index (χ0v) is 11.4. The van der Waals surface area contributed by atoms with Crippen LogP contribution in [0.1, 0.15) is 64.7 Å². The molecule has 2 heteroatoms.